The normalized spacial score (nSPS) is 47.5. The van der Waals surface area contributed by atoms with Gasteiger partial charge in [-0.2, -0.15) is 0 Å². The second-order valence-electron chi connectivity index (χ2n) is 6.12. The SMILES string of the molecule is C=C(OC1C2CC3C(O)OC1C3C2)C(C)(C)O. The number of hydrogen-bond acceptors (Lipinski definition) is 4. The van der Waals surface area contributed by atoms with Crippen molar-refractivity contribution in [2.45, 2.75) is 50.8 Å². The molecule has 96 valence electrons. The van der Waals surface area contributed by atoms with Gasteiger partial charge < -0.3 is 19.7 Å². The lowest BCUT2D eigenvalue weighted by molar-refractivity contribution is -0.130. The maximum Gasteiger partial charge on any atom is 0.158 e. The minimum absolute atomic E-state index is 0.0205. The van der Waals surface area contributed by atoms with Crippen molar-refractivity contribution in [1.29, 1.82) is 0 Å². The standard InChI is InChI=1S/C13H20O4/c1-6(13(2,3)15)16-10-7-4-8-9(5-7)12(14)17-11(8)10/h7-12,14-15H,1,4-5H2,2-3H3. The number of fused-ring (bicyclic) bond motifs is 1. The van der Waals surface area contributed by atoms with Gasteiger partial charge in [-0.25, -0.2) is 0 Å². The van der Waals surface area contributed by atoms with Crippen molar-refractivity contribution in [2.24, 2.45) is 17.8 Å². The Balaban J connectivity index is 1.73. The highest BCUT2D eigenvalue weighted by molar-refractivity contribution is 5.10. The van der Waals surface area contributed by atoms with Gasteiger partial charge in [0.25, 0.3) is 0 Å². The molecule has 6 atom stereocenters. The molecule has 0 aromatic carbocycles. The van der Waals surface area contributed by atoms with Gasteiger partial charge in [-0.3, -0.25) is 0 Å². The summed E-state index contributed by atoms with van der Waals surface area (Å²) in [5.41, 5.74) is -1.03. The zero-order valence-electron chi connectivity index (χ0n) is 10.3. The molecule has 2 bridgehead atoms. The zero-order valence-corrected chi connectivity index (χ0v) is 10.3. The van der Waals surface area contributed by atoms with Gasteiger partial charge in [0, 0.05) is 5.92 Å². The number of aliphatic hydroxyl groups is 2. The van der Waals surface area contributed by atoms with Crippen molar-refractivity contribution < 1.29 is 19.7 Å². The molecule has 3 aliphatic rings. The summed E-state index contributed by atoms with van der Waals surface area (Å²) in [5.74, 6) is 1.54. The summed E-state index contributed by atoms with van der Waals surface area (Å²) in [6, 6.07) is 0. The molecule has 2 saturated carbocycles. The lowest BCUT2D eigenvalue weighted by Crippen LogP contribution is -2.37. The molecule has 1 aliphatic heterocycles. The summed E-state index contributed by atoms with van der Waals surface area (Å²) >= 11 is 0. The van der Waals surface area contributed by atoms with Gasteiger partial charge in [0.05, 0.1) is 0 Å². The molecule has 0 amide bonds. The van der Waals surface area contributed by atoms with E-state index in [4.69, 9.17) is 9.47 Å². The summed E-state index contributed by atoms with van der Waals surface area (Å²) in [4.78, 5) is 0. The fourth-order valence-corrected chi connectivity index (χ4v) is 3.54. The number of rotatable bonds is 3. The minimum atomic E-state index is -1.03. The number of hydrogen-bond donors (Lipinski definition) is 2. The fourth-order valence-electron chi connectivity index (χ4n) is 3.54. The van der Waals surface area contributed by atoms with E-state index in [2.05, 4.69) is 6.58 Å². The molecule has 0 aromatic heterocycles. The maximum atomic E-state index is 9.82. The summed E-state index contributed by atoms with van der Waals surface area (Å²) in [6.07, 6.45) is 1.33. The third-order valence-electron chi connectivity index (χ3n) is 4.53. The first-order valence-electron chi connectivity index (χ1n) is 6.30. The number of ether oxygens (including phenoxy) is 2. The third kappa shape index (κ3) is 1.62. The van der Waals surface area contributed by atoms with E-state index in [1.807, 2.05) is 0 Å². The van der Waals surface area contributed by atoms with Crippen molar-refractivity contribution in [3.8, 4) is 0 Å². The van der Waals surface area contributed by atoms with Crippen LogP contribution >= 0.6 is 0 Å². The van der Waals surface area contributed by atoms with Gasteiger partial charge in [0.15, 0.2) is 6.29 Å². The van der Waals surface area contributed by atoms with E-state index in [0.29, 0.717) is 23.5 Å². The van der Waals surface area contributed by atoms with E-state index < -0.39 is 11.9 Å². The first-order chi connectivity index (χ1) is 7.88. The monoisotopic (exact) mass is 240 g/mol. The predicted molar refractivity (Wildman–Crippen MR) is 60.9 cm³/mol. The van der Waals surface area contributed by atoms with Crippen molar-refractivity contribution >= 4 is 0 Å². The molecular weight excluding hydrogens is 220 g/mol. The van der Waals surface area contributed by atoms with Gasteiger partial charge in [0.2, 0.25) is 0 Å². The van der Waals surface area contributed by atoms with Crippen LogP contribution in [0.4, 0.5) is 0 Å². The smallest absolute Gasteiger partial charge is 0.158 e. The molecule has 3 rings (SSSR count). The largest absolute Gasteiger partial charge is 0.489 e. The Kier molecular flexibility index (Phi) is 2.35. The van der Waals surface area contributed by atoms with E-state index >= 15 is 0 Å². The second-order valence-corrected chi connectivity index (χ2v) is 6.12. The Morgan fingerprint density at radius 1 is 1.35 bits per heavy atom. The van der Waals surface area contributed by atoms with Gasteiger partial charge in [-0.1, -0.05) is 6.58 Å². The van der Waals surface area contributed by atoms with Gasteiger partial charge in [-0.05, 0) is 38.5 Å². The van der Waals surface area contributed by atoms with Crippen molar-refractivity contribution in [2.75, 3.05) is 0 Å². The van der Waals surface area contributed by atoms with Gasteiger partial charge in [0.1, 0.15) is 23.6 Å². The highest BCUT2D eigenvalue weighted by Gasteiger charge is 2.62. The Labute approximate surface area is 101 Å². The van der Waals surface area contributed by atoms with Crippen LogP contribution in [0.15, 0.2) is 12.3 Å². The van der Waals surface area contributed by atoms with Crippen LogP contribution < -0.4 is 0 Å². The molecule has 3 fully saturated rings. The average Bonchev–Trinajstić information content (AvgIpc) is 2.80. The molecule has 2 N–H and O–H groups in total. The van der Waals surface area contributed by atoms with Crippen LogP contribution in [-0.2, 0) is 9.47 Å². The van der Waals surface area contributed by atoms with Crippen molar-refractivity contribution in [3.63, 3.8) is 0 Å². The van der Waals surface area contributed by atoms with Crippen LogP contribution in [-0.4, -0.2) is 34.3 Å². The van der Waals surface area contributed by atoms with Gasteiger partial charge in [-0.15, -0.1) is 0 Å². The van der Waals surface area contributed by atoms with E-state index in [9.17, 15) is 10.2 Å². The van der Waals surface area contributed by atoms with Crippen LogP contribution in [0.3, 0.4) is 0 Å². The topological polar surface area (TPSA) is 58.9 Å². The third-order valence-corrected chi connectivity index (χ3v) is 4.53. The fraction of sp³-hybridized carbons (Fsp3) is 0.846. The average molecular weight is 240 g/mol. The molecule has 4 heteroatoms. The first kappa shape index (κ1) is 11.5. The summed E-state index contributed by atoms with van der Waals surface area (Å²) in [7, 11) is 0. The van der Waals surface area contributed by atoms with Crippen molar-refractivity contribution in [3.05, 3.63) is 12.3 Å². The zero-order chi connectivity index (χ0) is 12.4. The lowest BCUT2D eigenvalue weighted by atomic mass is 9.87. The van der Waals surface area contributed by atoms with Crippen LogP contribution in [0.5, 0.6) is 0 Å². The number of aliphatic hydroxyl groups excluding tert-OH is 1. The molecule has 2 aliphatic carbocycles. The van der Waals surface area contributed by atoms with Crippen LogP contribution in [0.2, 0.25) is 0 Å². The molecule has 0 aromatic rings. The van der Waals surface area contributed by atoms with E-state index in [1.54, 1.807) is 13.8 Å². The Morgan fingerprint density at radius 2 is 2.00 bits per heavy atom. The molecule has 6 unspecified atom stereocenters. The quantitative estimate of drug-likeness (QED) is 0.723. The van der Waals surface area contributed by atoms with Gasteiger partial charge >= 0.3 is 0 Å². The molecule has 0 radical (unpaired) electrons. The summed E-state index contributed by atoms with van der Waals surface area (Å²) in [6.45, 7) is 7.11. The highest BCUT2D eigenvalue weighted by atomic mass is 16.6. The van der Waals surface area contributed by atoms with Crippen molar-refractivity contribution in [1.82, 2.24) is 0 Å². The Morgan fingerprint density at radius 3 is 2.65 bits per heavy atom. The second kappa shape index (κ2) is 3.46. The molecule has 1 saturated heterocycles. The summed E-state index contributed by atoms with van der Waals surface area (Å²) in [5, 5.41) is 19.6. The minimum Gasteiger partial charge on any atom is -0.489 e. The first-order valence-corrected chi connectivity index (χ1v) is 6.30. The summed E-state index contributed by atoms with van der Waals surface area (Å²) < 4.78 is 11.4. The molecule has 17 heavy (non-hydrogen) atoms. The van der Waals surface area contributed by atoms with Crippen LogP contribution in [0.25, 0.3) is 0 Å². The maximum absolute atomic E-state index is 9.82. The lowest BCUT2D eigenvalue weighted by Gasteiger charge is -2.31. The van der Waals surface area contributed by atoms with Crippen LogP contribution in [0, 0.1) is 17.8 Å². The molecular formula is C13H20O4. The van der Waals surface area contributed by atoms with E-state index in [0.717, 1.165) is 12.8 Å². The van der Waals surface area contributed by atoms with E-state index in [-0.39, 0.29) is 12.2 Å². The highest BCUT2D eigenvalue weighted by Crippen LogP contribution is 2.57. The Bertz CT molecular complexity index is 346. The van der Waals surface area contributed by atoms with E-state index in [1.165, 1.54) is 0 Å². The van der Waals surface area contributed by atoms with Crippen LogP contribution in [0.1, 0.15) is 26.7 Å². The predicted octanol–water partition coefficient (Wildman–Crippen LogP) is 1.03. The molecule has 4 nitrogen and oxygen atoms in total. The molecule has 1 heterocycles. The molecule has 0 spiro atoms. The Hall–Kier alpha value is -0.580.